The molecule has 1 aromatic carbocycles. The van der Waals surface area contributed by atoms with Gasteiger partial charge in [0.2, 0.25) is 5.91 Å². The van der Waals surface area contributed by atoms with Crippen molar-refractivity contribution in [1.29, 1.82) is 0 Å². The number of hydrogen-bond acceptors (Lipinski definition) is 4. The molecule has 0 radical (unpaired) electrons. The number of carbonyl (C=O) groups is 1. The minimum absolute atomic E-state index is 0.181. The fourth-order valence-electron chi connectivity index (χ4n) is 2.17. The molecule has 2 N–H and O–H groups in total. The van der Waals surface area contributed by atoms with Crippen LogP contribution in [0.15, 0.2) is 29.2 Å². The number of nitrogens with zero attached hydrogens (tertiary/aromatic N) is 2. The number of aryl methyl sites for hydroxylation is 2. The fourth-order valence-corrected chi connectivity index (χ4v) is 3.67. The molecule has 7 nitrogen and oxygen atoms in total. The van der Waals surface area contributed by atoms with Crippen LogP contribution >= 0.6 is 0 Å². The Balaban J connectivity index is 2.27. The van der Waals surface area contributed by atoms with Gasteiger partial charge in [-0.3, -0.25) is 14.2 Å². The first-order valence-electron chi connectivity index (χ1n) is 6.61. The molecule has 2 aromatic rings. The summed E-state index contributed by atoms with van der Waals surface area (Å²) in [6.45, 7) is 4.76. The molecule has 2 rings (SSSR count). The Bertz CT molecular complexity index is 807. The molecule has 8 heteroatoms. The summed E-state index contributed by atoms with van der Waals surface area (Å²) in [5, 5.41) is 6.73. The molecule has 0 aliphatic carbocycles. The largest absolute Gasteiger partial charge is 0.326 e. The van der Waals surface area contributed by atoms with Crippen LogP contribution in [-0.2, 0) is 21.9 Å². The molecule has 22 heavy (non-hydrogen) atoms. The van der Waals surface area contributed by atoms with Gasteiger partial charge >= 0.3 is 0 Å². The van der Waals surface area contributed by atoms with Crippen LogP contribution in [0.1, 0.15) is 18.3 Å². The zero-order valence-electron chi connectivity index (χ0n) is 12.8. The molecule has 0 aliphatic rings. The normalized spacial score (nSPS) is 11.3. The molecule has 0 fully saturated rings. The number of anilines is 2. The van der Waals surface area contributed by atoms with Crippen molar-refractivity contribution in [2.45, 2.75) is 25.7 Å². The average molecular weight is 322 g/mol. The van der Waals surface area contributed by atoms with Crippen LogP contribution in [0.5, 0.6) is 0 Å². The SMILES string of the molecule is CC(=O)Nc1ccc(NS(=O)(=O)c2c(C)nn(C)c2C)cc1. The quantitative estimate of drug-likeness (QED) is 0.897. The van der Waals surface area contributed by atoms with E-state index in [0.717, 1.165) is 0 Å². The highest BCUT2D eigenvalue weighted by Gasteiger charge is 2.23. The van der Waals surface area contributed by atoms with Crippen LogP contribution in [0, 0.1) is 13.8 Å². The van der Waals surface area contributed by atoms with Crippen LogP contribution in [0.4, 0.5) is 11.4 Å². The van der Waals surface area contributed by atoms with E-state index in [0.29, 0.717) is 22.8 Å². The van der Waals surface area contributed by atoms with Gasteiger partial charge in [-0.25, -0.2) is 8.42 Å². The maximum atomic E-state index is 12.5. The standard InChI is InChI=1S/C14H18N4O3S/c1-9-14(10(2)18(4)16-9)22(20,21)17-13-7-5-12(6-8-13)15-11(3)19/h5-8,17H,1-4H3,(H,15,19). The van der Waals surface area contributed by atoms with Crippen LogP contribution in [0.3, 0.4) is 0 Å². The van der Waals surface area contributed by atoms with Crippen molar-refractivity contribution in [1.82, 2.24) is 9.78 Å². The minimum Gasteiger partial charge on any atom is -0.326 e. The Kier molecular flexibility index (Phi) is 4.23. The lowest BCUT2D eigenvalue weighted by atomic mass is 10.3. The highest BCUT2D eigenvalue weighted by atomic mass is 32.2. The third-order valence-electron chi connectivity index (χ3n) is 3.17. The monoisotopic (exact) mass is 322 g/mol. The Morgan fingerprint density at radius 2 is 1.68 bits per heavy atom. The minimum atomic E-state index is -3.71. The summed E-state index contributed by atoms with van der Waals surface area (Å²) in [5.41, 5.74) is 2.03. The highest BCUT2D eigenvalue weighted by molar-refractivity contribution is 7.92. The Morgan fingerprint density at radius 1 is 1.14 bits per heavy atom. The lowest BCUT2D eigenvalue weighted by Crippen LogP contribution is -2.15. The van der Waals surface area contributed by atoms with E-state index in [2.05, 4.69) is 15.1 Å². The maximum absolute atomic E-state index is 12.5. The summed E-state index contributed by atoms with van der Waals surface area (Å²) in [6.07, 6.45) is 0. The second kappa shape index (κ2) is 5.80. The summed E-state index contributed by atoms with van der Waals surface area (Å²) >= 11 is 0. The first-order valence-corrected chi connectivity index (χ1v) is 8.09. The van der Waals surface area contributed by atoms with Gasteiger partial charge in [-0.2, -0.15) is 5.10 Å². The first kappa shape index (κ1) is 16.0. The Labute approximate surface area is 129 Å². The van der Waals surface area contributed by atoms with Crippen molar-refractivity contribution in [2.75, 3.05) is 10.0 Å². The van der Waals surface area contributed by atoms with Gasteiger partial charge in [-0.1, -0.05) is 0 Å². The fraction of sp³-hybridized carbons (Fsp3) is 0.286. The van der Waals surface area contributed by atoms with Gasteiger partial charge in [-0.05, 0) is 38.1 Å². The molecule has 118 valence electrons. The van der Waals surface area contributed by atoms with Crippen molar-refractivity contribution in [3.05, 3.63) is 35.7 Å². The van der Waals surface area contributed by atoms with Crippen LogP contribution in [-0.4, -0.2) is 24.1 Å². The van der Waals surface area contributed by atoms with Crippen LogP contribution in [0.25, 0.3) is 0 Å². The molecular formula is C14H18N4O3S. The second-order valence-corrected chi connectivity index (χ2v) is 6.61. The van der Waals surface area contributed by atoms with E-state index in [1.54, 1.807) is 45.2 Å². The molecule has 1 amide bonds. The number of aromatic nitrogens is 2. The van der Waals surface area contributed by atoms with Crippen LogP contribution in [0.2, 0.25) is 0 Å². The van der Waals surface area contributed by atoms with Gasteiger partial charge in [0, 0.05) is 25.3 Å². The third kappa shape index (κ3) is 3.28. The van der Waals surface area contributed by atoms with Gasteiger partial charge < -0.3 is 5.32 Å². The predicted molar refractivity (Wildman–Crippen MR) is 84.2 cm³/mol. The summed E-state index contributed by atoms with van der Waals surface area (Å²) < 4.78 is 29.0. The van der Waals surface area contributed by atoms with E-state index in [9.17, 15) is 13.2 Å². The molecule has 0 aliphatic heterocycles. The lowest BCUT2D eigenvalue weighted by molar-refractivity contribution is -0.114. The molecule has 1 aromatic heterocycles. The van der Waals surface area contributed by atoms with E-state index in [1.807, 2.05) is 0 Å². The number of benzene rings is 1. The van der Waals surface area contributed by atoms with Crippen molar-refractivity contribution < 1.29 is 13.2 Å². The van der Waals surface area contributed by atoms with Crippen molar-refractivity contribution >= 4 is 27.3 Å². The van der Waals surface area contributed by atoms with E-state index in [4.69, 9.17) is 0 Å². The number of nitrogens with one attached hydrogen (secondary N) is 2. The Morgan fingerprint density at radius 3 is 2.14 bits per heavy atom. The van der Waals surface area contributed by atoms with E-state index in [-0.39, 0.29) is 10.8 Å². The zero-order valence-corrected chi connectivity index (χ0v) is 13.7. The van der Waals surface area contributed by atoms with Crippen LogP contribution < -0.4 is 10.0 Å². The van der Waals surface area contributed by atoms with Crippen molar-refractivity contribution in [2.24, 2.45) is 7.05 Å². The second-order valence-electron chi connectivity index (χ2n) is 4.99. The lowest BCUT2D eigenvalue weighted by Gasteiger charge is -2.09. The highest BCUT2D eigenvalue weighted by Crippen LogP contribution is 2.22. The predicted octanol–water partition coefficient (Wildman–Crippen LogP) is 1.80. The number of amides is 1. The van der Waals surface area contributed by atoms with Gasteiger partial charge in [0.15, 0.2) is 0 Å². The van der Waals surface area contributed by atoms with Gasteiger partial charge in [0.1, 0.15) is 4.90 Å². The smallest absolute Gasteiger partial charge is 0.265 e. The number of rotatable bonds is 4. The summed E-state index contributed by atoms with van der Waals surface area (Å²) in [4.78, 5) is 11.1. The molecule has 0 bridgehead atoms. The summed E-state index contributed by atoms with van der Waals surface area (Å²) in [7, 11) is -2.01. The molecule has 0 saturated carbocycles. The third-order valence-corrected chi connectivity index (χ3v) is 4.80. The van der Waals surface area contributed by atoms with Gasteiger partial charge in [-0.15, -0.1) is 0 Å². The zero-order chi connectivity index (χ0) is 16.5. The summed E-state index contributed by atoms with van der Waals surface area (Å²) in [6, 6.07) is 6.43. The number of carbonyl (C=O) groups excluding carboxylic acids is 1. The average Bonchev–Trinajstić information content (AvgIpc) is 2.65. The molecule has 0 unspecified atom stereocenters. The number of hydrogen-bond donors (Lipinski definition) is 2. The van der Waals surface area contributed by atoms with Crippen molar-refractivity contribution in [3.63, 3.8) is 0 Å². The van der Waals surface area contributed by atoms with Crippen molar-refractivity contribution in [3.8, 4) is 0 Å². The molecule has 0 saturated heterocycles. The maximum Gasteiger partial charge on any atom is 0.265 e. The van der Waals surface area contributed by atoms with E-state index >= 15 is 0 Å². The summed E-state index contributed by atoms with van der Waals surface area (Å²) in [5.74, 6) is -0.185. The van der Waals surface area contributed by atoms with Gasteiger partial charge in [0.25, 0.3) is 10.0 Å². The van der Waals surface area contributed by atoms with Gasteiger partial charge in [0.05, 0.1) is 11.4 Å². The molecule has 1 heterocycles. The van der Waals surface area contributed by atoms with E-state index < -0.39 is 10.0 Å². The topological polar surface area (TPSA) is 93.1 Å². The number of sulfonamides is 1. The molecule has 0 spiro atoms. The molecular weight excluding hydrogens is 304 g/mol. The Hall–Kier alpha value is -2.35. The van der Waals surface area contributed by atoms with E-state index in [1.165, 1.54) is 11.6 Å². The first-order chi connectivity index (χ1) is 10.2. The molecule has 0 atom stereocenters.